The quantitative estimate of drug-likeness (QED) is 0.307. The molecule has 0 bridgehead atoms. The van der Waals surface area contributed by atoms with E-state index in [1.807, 2.05) is 0 Å². The van der Waals surface area contributed by atoms with E-state index in [9.17, 15) is 24.4 Å². The molecular weight excluding hydrogens is 351 g/mol. The Hall–Kier alpha value is -1.86. The van der Waals surface area contributed by atoms with Crippen molar-refractivity contribution in [1.82, 2.24) is 19.5 Å². The molecule has 1 aliphatic heterocycles. The SMILES string of the molecule is O=c1[nH]cnc2c1[nH]c(=O)n2[C@@H]1O[C@H](COP(=O)(O)O)[C@@H](O)[C@H]1O. The molecule has 2 aromatic heterocycles. The van der Waals surface area contributed by atoms with Gasteiger partial charge in [0.1, 0.15) is 18.3 Å². The summed E-state index contributed by atoms with van der Waals surface area (Å²) in [6.45, 7) is -0.718. The highest BCUT2D eigenvalue weighted by atomic mass is 31.2. The summed E-state index contributed by atoms with van der Waals surface area (Å²) in [5, 5.41) is 20.0. The summed E-state index contributed by atoms with van der Waals surface area (Å²) in [5.74, 6) is 0. The molecule has 0 spiro atoms. The lowest BCUT2D eigenvalue weighted by atomic mass is 10.1. The average molecular weight is 364 g/mol. The largest absolute Gasteiger partial charge is 0.469 e. The monoisotopic (exact) mass is 364 g/mol. The van der Waals surface area contributed by atoms with Crippen molar-refractivity contribution in [1.29, 1.82) is 0 Å². The summed E-state index contributed by atoms with van der Waals surface area (Å²) < 4.78 is 21.1. The van der Waals surface area contributed by atoms with E-state index in [0.717, 1.165) is 10.9 Å². The van der Waals surface area contributed by atoms with Crippen LogP contribution in [0, 0.1) is 0 Å². The van der Waals surface area contributed by atoms with Crippen LogP contribution < -0.4 is 11.2 Å². The Labute approximate surface area is 131 Å². The van der Waals surface area contributed by atoms with E-state index in [4.69, 9.17) is 14.5 Å². The second kappa shape index (κ2) is 5.89. The highest BCUT2D eigenvalue weighted by Gasteiger charge is 2.45. The number of hydrogen-bond acceptors (Lipinski definition) is 8. The molecule has 132 valence electrons. The number of hydrogen-bond donors (Lipinski definition) is 6. The number of imidazole rings is 1. The number of nitrogens with zero attached hydrogens (tertiary/aromatic N) is 2. The number of aliphatic hydroxyl groups excluding tert-OH is 2. The van der Waals surface area contributed by atoms with E-state index in [0.29, 0.717) is 0 Å². The highest BCUT2D eigenvalue weighted by Crippen LogP contribution is 2.38. The molecule has 6 N–H and O–H groups in total. The van der Waals surface area contributed by atoms with Gasteiger partial charge in [0.2, 0.25) is 0 Å². The molecule has 0 unspecified atom stereocenters. The lowest BCUT2D eigenvalue weighted by Crippen LogP contribution is -2.35. The summed E-state index contributed by atoms with van der Waals surface area (Å²) in [5.41, 5.74) is -1.70. The first-order valence-corrected chi connectivity index (χ1v) is 8.11. The third-order valence-corrected chi connectivity index (χ3v) is 4.00. The molecule has 0 aromatic carbocycles. The fourth-order valence-corrected chi connectivity index (χ4v) is 2.78. The molecule has 2 aromatic rings. The average Bonchev–Trinajstić information content (AvgIpc) is 2.96. The highest BCUT2D eigenvalue weighted by molar-refractivity contribution is 7.46. The molecule has 1 fully saturated rings. The molecular formula is C10H13N4O9P. The minimum Gasteiger partial charge on any atom is -0.387 e. The van der Waals surface area contributed by atoms with Gasteiger partial charge in [-0.1, -0.05) is 0 Å². The number of aromatic nitrogens is 4. The summed E-state index contributed by atoms with van der Waals surface area (Å²) in [4.78, 5) is 49.4. The van der Waals surface area contributed by atoms with Crippen molar-refractivity contribution in [3.8, 4) is 0 Å². The van der Waals surface area contributed by atoms with Crippen LogP contribution in [0.3, 0.4) is 0 Å². The third-order valence-electron chi connectivity index (χ3n) is 3.51. The first-order chi connectivity index (χ1) is 11.2. The van der Waals surface area contributed by atoms with Crippen LogP contribution in [0.15, 0.2) is 15.9 Å². The van der Waals surface area contributed by atoms with Crippen LogP contribution in [-0.2, 0) is 13.8 Å². The lowest BCUT2D eigenvalue weighted by molar-refractivity contribution is -0.0517. The molecule has 3 heterocycles. The Bertz CT molecular complexity index is 913. The van der Waals surface area contributed by atoms with Crippen molar-refractivity contribution in [3.63, 3.8) is 0 Å². The van der Waals surface area contributed by atoms with E-state index in [-0.39, 0.29) is 11.2 Å². The van der Waals surface area contributed by atoms with E-state index in [1.165, 1.54) is 0 Å². The first kappa shape index (κ1) is 17.0. The molecule has 13 nitrogen and oxygen atoms in total. The Balaban J connectivity index is 1.95. The Morgan fingerprint density at radius 3 is 2.71 bits per heavy atom. The van der Waals surface area contributed by atoms with Crippen molar-refractivity contribution in [3.05, 3.63) is 27.2 Å². The van der Waals surface area contributed by atoms with Crippen LogP contribution >= 0.6 is 7.82 Å². The van der Waals surface area contributed by atoms with E-state index in [1.54, 1.807) is 0 Å². The maximum absolute atomic E-state index is 12.0. The number of fused-ring (bicyclic) bond motifs is 1. The van der Waals surface area contributed by atoms with Gasteiger partial charge < -0.3 is 29.7 Å². The van der Waals surface area contributed by atoms with Crippen LogP contribution in [0.4, 0.5) is 0 Å². The number of phosphoric ester groups is 1. The predicted molar refractivity (Wildman–Crippen MR) is 74.9 cm³/mol. The Morgan fingerprint density at radius 1 is 1.33 bits per heavy atom. The standard InChI is InChI=1S/C10H13N4O9P/c15-5-3(1-22-24(19,20)21)23-9(6(5)16)14-7-4(13-10(14)18)8(17)12-2-11-7/h2-3,5-6,9,15-16H,1H2,(H,13,18)(H,11,12,17)(H2,19,20,21)/t3-,5-,6-,9-/m1/s1. The van der Waals surface area contributed by atoms with Gasteiger partial charge in [-0.05, 0) is 0 Å². The van der Waals surface area contributed by atoms with Gasteiger partial charge in [-0.3, -0.25) is 14.3 Å². The van der Waals surface area contributed by atoms with Gasteiger partial charge in [0.05, 0.1) is 12.9 Å². The summed E-state index contributed by atoms with van der Waals surface area (Å²) in [6.07, 6.45) is -4.90. The number of nitrogens with one attached hydrogen (secondary N) is 2. The lowest BCUT2D eigenvalue weighted by Gasteiger charge is -2.15. The van der Waals surface area contributed by atoms with Gasteiger partial charge in [0, 0.05) is 0 Å². The molecule has 24 heavy (non-hydrogen) atoms. The van der Waals surface area contributed by atoms with Crippen molar-refractivity contribution < 1.29 is 33.8 Å². The minimum absolute atomic E-state index is 0.114. The van der Waals surface area contributed by atoms with Gasteiger partial charge in [0.25, 0.3) is 5.56 Å². The fraction of sp³-hybridized carbons (Fsp3) is 0.500. The third kappa shape index (κ3) is 2.93. The van der Waals surface area contributed by atoms with Crippen molar-refractivity contribution in [2.24, 2.45) is 0 Å². The Kier molecular flexibility index (Phi) is 4.17. The zero-order chi connectivity index (χ0) is 17.6. The van der Waals surface area contributed by atoms with Crippen LogP contribution in [0.25, 0.3) is 11.2 Å². The van der Waals surface area contributed by atoms with Crippen LogP contribution in [0.2, 0.25) is 0 Å². The molecule has 0 amide bonds. The second-order valence-electron chi connectivity index (χ2n) is 5.06. The predicted octanol–water partition coefficient (Wildman–Crippen LogP) is -2.86. The van der Waals surface area contributed by atoms with E-state index < -0.39 is 50.2 Å². The van der Waals surface area contributed by atoms with Gasteiger partial charge in [-0.2, -0.15) is 0 Å². The molecule has 0 aliphatic carbocycles. The summed E-state index contributed by atoms with van der Waals surface area (Å²) >= 11 is 0. The zero-order valence-corrected chi connectivity index (χ0v) is 12.7. The van der Waals surface area contributed by atoms with Crippen LogP contribution in [0.5, 0.6) is 0 Å². The number of H-pyrrole nitrogens is 2. The number of aliphatic hydroxyl groups is 2. The topological polar surface area (TPSA) is 200 Å². The molecule has 3 rings (SSSR count). The second-order valence-corrected chi connectivity index (χ2v) is 6.30. The molecule has 0 saturated carbocycles. The van der Waals surface area contributed by atoms with E-state index in [2.05, 4.69) is 19.5 Å². The van der Waals surface area contributed by atoms with Gasteiger partial charge in [-0.25, -0.2) is 18.9 Å². The molecule has 0 radical (unpaired) electrons. The number of aromatic amines is 2. The van der Waals surface area contributed by atoms with E-state index >= 15 is 0 Å². The van der Waals surface area contributed by atoms with Gasteiger partial charge in [0.15, 0.2) is 17.4 Å². The maximum Gasteiger partial charge on any atom is 0.469 e. The minimum atomic E-state index is -4.80. The zero-order valence-electron chi connectivity index (χ0n) is 11.8. The summed E-state index contributed by atoms with van der Waals surface area (Å²) in [6, 6.07) is 0. The molecule has 4 atom stereocenters. The summed E-state index contributed by atoms with van der Waals surface area (Å²) in [7, 11) is -4.80. The molecule has 1 aliphatic rings. The van der Waals surface area contributed by atoms with Crippen molar-refractivity contribution in [2.45, 2.75) is 24.5 Å². The first-order valence-electron chi connectivity index (χ1n) is 6.58. The van der Waals surface area contributed by atoms with Gasteiger partial charge in [-0.15, -0.1) is 0 Å². The van der Waals surface area contributed by atoms with Crippen molar-refractivity contribution >= 4 is 19.0 Å². The maximum atomic E-state index is 12.0. The molecule has 14 heteroatoms. The molecule has 1 saturated heterocycles. The number of phosphoric acid groups is 1. The fourth-order valence-electron chi connectivity index (χ4n) is 2.44. The number of ether oxygens (including phenoxy) is 1. The smallest absolute Gasteiger partial charge is 0.387 e. The Morgan fingerprint density at radius 2 is 2.04 bits per heavy atom. The van der Waals surface area contributed by atoms with Crippen molar-refractivity contribution in [2.75, 3.05) is 6.61 Å². The number of rotatable bonds is 4. The normalized spacial score (nSPS) is 27.8. The van der Waals surface area contributed by atoms with Crippen LogP contribution in [-0.4, -0.2) is 64.4 Å². The van der Waals surface area contributed by atoms with Gasteiger partial charge >= 0.3 is 13.5 Å². The van der Waals surface area contributed by atoms with Crippen LogP contribution in [0.1, 0.15) is 6.23 Å².